The number of rotatable bonds is 2. The summed E-state index contributed by atoms with van der Waals surface area (Å²) < 4.78 is 6.63. The van der Waals surface area contributed by atoms with E-state index in [9.17, 15) is 4.79 Å². The average molecular weight is 329 g/mol. The smallest absolute Gasteiger partial charge is 0.174 e. The maximum absolute atomic E-state index is 12.8. The summed E-state index contributed by atoms with van der Waals surface area (Å²) in [4.78, 5) is 12.8. The minimum atomic E-state index is -0.00574. The molecule has 2 aromatic rings. The predicted molar refractivity (Wildman–Crippen MR) is 80.6 cm³/mol. The van der Waals surface area contributed by atoms with E-state index in [4.69, 9.17) is 4.74 Å². The summed E-state index contributed by atoms with van der Waals surface area (Å²) >= 11 is 3.50. The summed E-state index contributed by atoms with van der Waals surface area (Å²) in [5.74, 6) is 0.972. The highest BCUT2D eigenvalue weighted by atomic mass is 79.9. The second-order valence-corrected chi connectivity index (χ2v) is 6.28. The van der Waals surface area contributed by atoms with Crippen LogP contribution in [0, 0.1) is 0 Å². The molecule has 0 aromatic heterocycles. The minimum Gasteiger partial charge on any atom is -0.492 e. The van der Waals surface area contributed by atoms with Crippen molar-refractivity contribution in [3.63, 3.8) is 0 Å². The zero-order valence-corrected chi connectivity index (χ0v) is 12.4. The van der Waals surface area contributed by atoms with Crippen molar-refractivity contribution in [2.45, 2.75) is 18.8 Å². The van der Waals surface area contributed by atoms with E-state index in [-0.39, 0.29) is 11.7 Å². The van der Waals surface area contributed by atoms with Crippen molar-refractivity contribution in [3.8, 4) is 5.75 Å². The highest BCUT2D eigenvalue weighted by molar-refractivity contribution is 9.10. The monoisotopic (exact) mass is 328 g/mol. The van der Waals surface area contributed by atoms with Gasteiger partial charge in [-0.2, -0.15) is 0 Å². The van der Waals surface area contributed by atoms with Gasteiger partial charge in [0.25, 0.3) is 0 Å². The Kier molecular flexibility index (Phi) is 2.71. The fraction of sp³-hybridized carbons (Fsp3) is 0.235. The van der Waals surface area contributed by atoms with Crippen LogP contribution in [0.15, 0.2) is 40.9 Å². The van der Waals surface area contributed by atoms with Gasteiger partial charge >= 0.3 is 0 Å². The third-order valence-corrected chi connectivity index (χ3v) is 4.64. The molecule has 100 valence electrons. The molecule has 4 rings (SSSR count). The zero-order valence-electron chi connectivity index (χ0n) is 10.9. The van der Waals surface area contributed by atoms with E-state index in [1.807, 2.05) is 24.3 Å². The van der Waals surface area contributed by atoms with Crippen LogP contribution in [0.1, 0.15) is 33.0 Å². The standard InChI is InChI=1S/C17H13BrO2/c18-12-7-11-5-6-20-17(11)15(9-12)16(19)14-8-10-3-1-2-4-13(10)14/h1-4,7,9,14H,5-6,8H2. The second-order valence-electron chi connectivity index (χ2n) is 5.36. The first-order valence-corrected chi connectivity index (χ1v) is 7.60. The minimum absolute atomic E-state index is 0.00574. The maximum atomic E-state index is 12.8. The molecule has 1 aliphatic heterocycles. The fourth-order valence-corrected chi connectivity index (χ4v) is 3.64. The Morgan fingerprint density at radius 2 is 2.05 bits per heavy atom. The quantitative estimate of drug-likeness (QED) is 0.781. The summed E-state index contributed by atoms with van der Waals surface area (Å²) in [7, 11) is 0. The first-order chi connectivity index (χ1) is 9.74. The van der Waals surface area contributed by atoms with Crippen LogP contribution < -0.4 is 4.74 Å². The number of ketones is 1. The van der Waals surface area contributed by atoms with Gasteiger partial charge in [-0.1, -0.05) is 40.2 Å². The molecule has 1 atom stereocenters. The number of fused-ring (bicyclic) bond motifs is 2. The van der Waals surface area contributed by atoms with Crippen LogP contribution in [0.25, 0.3) is 0 Å². The third-order valence-electron chi connectivity index (χ3n) is 4.18. The number of hydrogen-bond acceptors (Lipinski definition) is 2. The highest BCUT2D eigenvalue weighted by Crippen LogP contribution is 2.41. The number of carbonyl (C=O) groups is 1. The molecule has 0 amide bonds. The SMILES string of the molecule is O=C(c1cc(Br)cc2c1OCC2)C1Cc2ccccc21. The number of carbonyl (C=O) groups excluding carboxylic acids is 1. The summed E-state index contributed by atoms with van der Waals surface area (Å²) in [5.41, 5.74) is 4.32. The van der Waals surface area contributed by atoms with Crippen molar-refractivity contribution in [2.24, 2.45) is 0 Å². The molecular weight excluding hydrogens is 316 g/mol. The predicted octanol–water partition coefficient (Wildman–Crippen LogP) is 3.91. The van der Waals surface area contributed by atoms with Gasteiger partial charge in [0.05, 0.1) is 18.1 Å². The Bertz CT molecular complexity index is 721. The van der Waals surface area contributed by atoms with E-state index in [1.54, 1.807) is 0 Å². The molecule has 2 aromatic carbocycles. The second kappa shape index (κ2) is 4.45. The van der Waals surface area contributed by atoms with E-state index in [0.29, 0.717) is 6.61 Å². The molecular formula is C17H13BrO2. The third kappa shape index (κ3) is 1.73. The van der Waals surface area contributed by atoms with E-state index in [1.165, 1.54) is 11.1 Å². The van der Waals surface area contributed by atoms with Crippen LogP contribution >= 0.6 is 15.9 Å². The van der Waals surface area contributed by atoms with Crippen LogP contribution in [0.4, 0.5) is 0 Å². The van der Waals surface area contributed by atoms with Gasteiger partial charge in [0, 0.05) is 10.9 Å². The number of Topliss-reactive ketones (excluding diaryl/α,β-unsaturated/α-hetero) is 1. The topological polar surface area (TPSA) is 26.3 Å². The molecule has 1 heterocycles. The molecule has 0 saturated heterocycles. The van der Waals surface area contributed by atoms with Gasteiger partial charge in [-0.25, -0.2) is 0 Å². The van der Waals surface area contributed by atoms with Crippen molar-refractivity contribution < 1.29 is 9.53 Å². The molecule has 0 N–H and O–H groups in total. The summed E-state index contributed by atoms with van der Waals surface area (Å²) in [6.07, 6.45) is 1.73. The molecule has 0 saturated carbocycles. The first-order valence-electron chi connectivity index (χ1n) is 6.81. The van der Waals surface area contributed by atoms with Gasteiger partial charge in [0.15, 0.2) is 5.78 Å². The molecule has 0 bridgehead atoms. The molecule has 2 aliphatic rings. The van der Waals surface area contributed by atoms with Crippen LogP contribution in [-0.2, 0) is 12.8 Å². The lowest BCUT2D eigenvalue weighted by atomic mass is 9.73. The van der Waals surface area contributed by atoms with E-state index in [0.717, 1.165) is 34.2 Å². The van der Waals surface area contributed by atoms with Crippen molar-refractivity contribution in [2.75, 3.05) is 6.61 Å². The van der Waals surface area contributed by atoms with Gasteiger partial charge < -0.3 is 4.74 Å². The summed E-state index contributed by atoms with van der Waals surface area (Å²) in [6.45, 7) is 0.674. The average Bonchev–Trinajstić information content (AvgIpc) is 2.87. The first kappa shape index (κ1) is 12.2. The van der Waals surface area contributed by atoms with Crippen LogP contribution in [0.3, 0.4) is 0 Å². The number of halogens is 1. The van der Waals surface area contributed by atoms with Crippen molar-refractivity contribution in [1.29, 1.82) is 0 Å². The van der Waals surface area contributed by atoms with E-state index < -0.39 is 0 Å². The molecule has 2 nitrogen and oxygen atoms in total. The van der Waals surface area contributed by atoms with Crippen molar-refractivity contribution >= 4 is 21.7 Å². The zero-order chi connectivity index (χ0) is 13.7. The fourth-order valence-electron chi connectivity index (χ4n) is 3.13. The van der Waals surface area contributed by atoms with E-state index in [2.05, 4.69) is 28.1 Å². The lowest BCUT2D eigenvalue weighted by Crippen LogP contribution is -2.25. The van der Waals surface area contributed by atoms with Crippen LogP contribution in [-0.4, -0.2) is 12.4 Å². The highest BCUT2D eigenvalue weighted by Gasteiger charge is 2.34. The van der Waals surface area contributed by atoms with Crippen molar-refractivity contribution in [1.82, 2.24) is 0 Å². The van der Waals surface area contributed by atoms with Gasteiger partial charge in [-0.15, -0.1) is 0 Å². The lowest BCUT2D eigenvalue weighted by Gasteiger charge is -2.29. The molecule has 0 fully saturated rings. The molecule has 0 radical (unpaired) electrons. The van der Waals surface area contributed by atoms with Crippen LogP contribution in [0.5, 0.6) is 5.75 Å². The number of ether oxygens (including phenoxy) is 1. The van der Waals surface area contributed by atoms with Gasteiger partial charge in [-0.05, 0) is 35.2 Å². The normalized spacial score (nSPS) is 18.8. The Balaban J connectivity index is 1.75. The Morgan fingerprint density at radius 3 is 2.90 bits per heavy atom. The van der Waals surface area contributed by atoms with Crippen molar-refractivity contribution in [3.05, 3.63) is 63.1 Å². The van der Waals surface area contributed by atoms with E-state index >= 15 is 0 Å². The van der Waals surface area contributed by atoms with Gasteiger partial charge in [-0.3, -0.25) is 4.79 Å². The molecule has 20 heavy (non-hydrogen) atoms. The molecule has 1 aliphatic carbocycles. The summed E-state index contributed by atoms with van der Waals surface area (Å²) in [5, 5.41) is 0. The lowest BCUT2D eigenvalue weighted by molar-refractivity contribution is 0.0946. The molecule has 3 heteroatoms. The number of hydrogen-bond donors (Lipinski definition) is 0. The number of benzene rings is 2. The molecule has 1 unspecified atom stereocenters. The Morgan fingerprint density at radius 1 is 1.20 bits per heavy atom. The Labute approximate surface area is 125 Å². The summed E-state index contributed by atoms with van der Waals surface area (Å²) in [6, 6.07) is 12.1. The largest absolute Gasteiger partial charge is 0.492 e. The van der Waals surface area contributed by atoms with Gasteiger partial charge in [0.2, 0.25) is 0 Å². The Hall–Kier alpha value is -1.61. The van der Waals surface area contributed by atoms with Crippen LogP contribution in [0.2, 0.25) is 0 Å². The molecule has 0 spiro atoms. The van der Waals surface area contributed by atoms with Gasteiger partial charge in [0.1, 0.15) is 5.75 Å². The maximum Gasteiger partial charge on any atom is 0.174 e.